The highest BCUT2D eigenvalue weighted by Gasteiger charge is 2.10. The summed E-state index contributed by atoms with van der Waals surface area (Å²) in [5.74, 6) is 0.819. The standard InChI is InChI=1S/C14H21ClO/c1-4-6-12(7-5-2)16-14-9-8-11(3)10-13(14)15/h8-10,12H,4-7H2,1-3H3. The summed E-state index contributed by atoms with van der Waals surface area (Å²) in [5.41, 5.74) is 1.17. The molecule has 0 saturated heterocycles. The number of ether oxygens (including phenoxy) is 1. The van der Waals surface area contributed by atoms with E-state index in [4.69, 9.17) is 16.3 Å². The van der Waals surface area contributed by atoms with Gasteiger partial charge in [-0.15, -0.1) is 0 Å². The van der Waals surface area contributed by atoms with Crippen LogP contribution < -0.4 is 4.74 Å². The van der Waals surface area contributed by atoms with E-state index in [-0.39, 0.29) is 0 Å². The number of hydrogen-bond donors (Lipinski definition) is 0. The highest BCUT2D eigenvalue weighted by Crippen LogP contribution is 2.27. The van der Waals surface area contributed by atoms with Gasteiger partial charge in [0, 0.05) is 0 Å². The lowest BCUT2D eigenvalue weighted by molar-refractivity contribution is 0.179. The molecular weight excluding hydrogens is 220 g/mol. The monoisotopic (exact) mass is 240 g/mol. The Bertz CT molecular complexity index is 317. The quantitative estimate of drug-likeness (QED) is 0.680. The molecule has 16 heavy (non-hydrogen) atoms. The Kier molecular flexibility index (Phi) is 5.68. The van der Waals surface area contributed by atoms with Gasteiger partial charge in [-0.2, -0.15) is 0 Å². The van der Waals surface area contributed by atoms with Crippen LogP contribution in [0.15, 0.2) is 18.2 Å². The summed E-state index contributed by atoms with van der Waals surface area (Å²) in [6.07, 6.45) is 4.79. The van der Waals surface area contributed by atoms with E-state index in [2.05, 4.69) is 13.8 Å². The molecule has 0 saturated carbocycles. The van der Waals surface area contributed by atoms with Crippen LogP contribution >= 0.6 is 11.6 Å². The Morgan fingerprint density at radius 1 is 1.19 bits per heavy atom. The number of aryl methyl sites for hydroxylation is 1. The number of halogens is 1. The van der Waals surface area contributed by atoms with E-state index in [1.807, 2.05) is 25.1 Å². The van der Waals surface area contributed by atoms with Crippen LogP contribution in [0.5, 0.6) is 5.75 Å². The second-order valence-electron chi connectivity index (χ2n) is 4.25. The summed E-state index contributed by atoms with van der Waals surface area (Å²) in [7, 11) is 0. The van der Waals surface area contributed by atoms with Crippen LogP contribution in [0, 0.1) is 6.92 Å². The third-order valence-corrected chi connectivity index (χ3v) is 2.90. The van der Waals surface area contributed by atoms with Crippen LogP contribution in [0.4, 0.5) is 0 Å². The van der Waals surface area contributed by atoms with Gasteiger partial charge < -0.3 is 4.74 Å². The van der Waals surface area contributed by atoms with Crippen molar-refractivity contribution in [2.75, 3.05) is 0 Å². The summed E-state index contributed by atoms with van der Waals surface area (Å²) in [4.78, 5) is 0. The molecule has 1 aromatic rings. The molecule has 0 heterocycles. The zero-order valence-corrected chi connectivity index (χ0v) is 11.2. The van der Waals surface area contributed by atoms with Gasteiger partial charge in [-0.3, -0.25) is 0 Å². The topological polar surface area (TPSA) is 9.23 Å². The first kappa shape index (κ1) is 13.4. The molecule has 2 heteroatoms. The van der Waals surface area contributed by atoms with Crippen molar-refractivity contribution in [1.82, 2.24) is 0 Å². The summed E-state index contributed by atoms with van der Waals surface area (Å²) in [6, 6.07) is 5.96. The Balaban J connectivity index is 2.68. The lowest BCUT2D eigenvalue weighted by atomic mass is 10.1. The van der Waals surface area contributed by atoms with Crippen molar-refractivity contribution in [3.63, 3.8) is 0 Å². The second kappa shape index (κ2) is 6.80. The highest BCUT2D eigenvalue weighted by molar-refractivity contribution is 6.32. The smallest absolute Gasteiger partial charge is 0.138 e. The molecule has 1 rings (SSSR count). The SMILES string of the molecule is CCCC(CCC)Oc1ccc(C)cc1Cl. The van der Waals surface area contributed by atoms with Crippen LogP contribution in [0.1, 0.15) is 45.1 Å². The lowest BCUT2D eigenvalue weighted by Gasteiger charge is -2.19. The fraction of sp³-hybridized carbons (Fsp3) is 0.571. The van der Waals surface area contributed by atoms with Crippen LogP contribution in [0.3, 0.4) is 0 Å². The first-order valence-electron chi connectivity index (χ1n) is 6.10. The number of rotatable bonds is 6. The Morgan fingerprint density at radius 2 is 1.81 bits per heavy atom. The predicted octanol–water partition coefficient (Wildman–Crippen LogP) is 5.00. The van der Waals surface area contributed by atoms with E-state index in [0.717, 1.165) is 36.5 Å². The minimum Gasteiger partial charge on any atom is -0.489 e. The van der Waals surface area contributed by atoms with Crippen LogP contribution in [0.25, 0.3) is 0 Å². The summed E-state index contributed by atoms with van der Waals surface area (Å²) in [5, 5.41) is 0.720. The molecule has 1 nitrogen and oxygen atoms in total. The molecule has 0 atom stereocenters. The van der Waals surface area contributed by atoms with Crippen molar-refractivity contribution < 1.29 is 4.74 Å². The van der Waals surface area contributed by atoms with Gasteiger partial charge >= 0.3 is 0 Å². The van der Waals surface area contributed by atoms with Gasteiger partial charge in [0.15, 0.2) is 0 Å². The molecule has 0 bridgehead atoms. The Hall–Kier alpha value is -0.690. The predicted molar refractivity (Wildman–Crippen MR) is 70.4 cm³/mol. The molecule has 0 aliphatic heterocycles. The van der Waals surface area contributed by atoms with Gasteiger partial charge in [0.1, 0.15) is 5.75 Å². The van der Waals surface area contributed by atoms with Gasteiger partial charge in [-0.1, -0.05) is 44.4 Å². The minimum absolute atomic E-state index is 0.301. The normalized spacial score (nSPS) is 10.8. The van der Waals surface area contributed by atoms with Crippen LogP contribution in [-0.4, -0.2) is 6.10 Å². The van der Waals surface area contributed by atoms with E-state index >= 15 is 0 Å². The summed E-state index contributed by atoms with van der Waals surface area (Å²) >= 11 is 6.15. The molecule has 90 valence electrons. The van der Waals surface area contributed by atoms with E-state index in [1.54, 1.807) is 0 Å². The molecule has 0 amide bonds. The first-order valence-corrected chi connectivity index (χ1v) is 6.48. The molecule has 0 unspecified atom stereocenters. The number of hydrogen-bond acceptors (Lipinski definition) is 1. The maximum absolute atomic E-state index is 6.15. The largest absolute Gasteiger partial charge is 0.489 e. The fourth-order valence-electron chi connectivity index (χ4n) is 1.79. The van der Waals surface area contributed by atoms with Crippen molar-refractivity contribution in [2.45, 2.75) is 52.6 Å². The molecule has 0 aliphatic carbocycles. The number of benzene rings is 1. The van der Waals surface area contributed by atoms with Gasteiger partial charge in [-0.05, 0) is 37.5 Å². The average molecular weight is 241 g/mol. The summed E-state index contributed by atoms with van der Waals surface area (Å²) < 4.78 is 5.95. The van der Waals surface area contributed by atoms with Crippen molar-refractivity contribution in [1.29, 1.82) is 0 Å². The van der Waals surface area contributed by atoms with Crippen LogP contribution in [0.2, 0.25) is 5.02 Å². The molecule has 1 aromatic carbocycles. The molecule has 0 aromatic heterocycles. The fourth-order valence-corrected chi connectivity index (χ4v) is 2.07. The van der Waals surface area contributed by atoms with Gasteiger partial charge in [0.2, 0.25) is 0 Å². The van der Waals surface area contributed by atoms with Crippen molar-refractivity contribution in [3.05, 3.63) is 28.8 Å². The molecule has 0 spiro atoms. The van der Waals surface area contributed by atoms with E-state index in [1.165, 1.54) is 5.56 Å². The lowest BCUT2D eigenvalue weighted by Crippen LogP contribution is -2.16. The van der Waals surface area contributed by atoms with E-state index < -0.39 is 0 Å². The molecule has 0 N–H and O–H groups in total. The molecule has 0 aliphatic rings. The van der Waals surface area contributed by atoms with Gasteiger partial charge in [-0.25, -0.2) is 0 Å². The van der Waals surface area contributed by atoms with Crippen LogP contribution in [-0.2, 0) is 0 Å². The van der Waals surface area contributed by atoms with Crippen molar-refractivity contribution in [3.8, 4) is 5.75 Å². The average Bonchev–Trinajstić information content (AvgIpc) is 2.23. The minimum atomic E-state index is 0.301. The zero-order valence-electron chi connectivity index (χ0n) is 10.4. The van der Waals surface area contributed by atoms with Gasteiger partial charge in [0.25, 0.3) is 0 Å². The maximum atomic E-state index is 6.15. The molecule has 0 radical (unpaired) electrons. The van der Waals surface area contributed by atoms with Crippen molar-refractivity contribution >= 4 is 11.6 Å². The highest BCUT2D eigenvalue weighted by atomic mass is 35.5. The molecular formula is C14H21ClO. The van der Waals surface area contributed by atoms with Crippen molar-refractivity contribution in [2.24, 2.45) is 0 Å². The Morgan fingerprint density at radius 3 is 2.31 bits per heavy atom. The maximum Gasteiger partial charge on any atom is 0.138 e. The third-order valence-electron chi connectivity index (χ3n) is 2.60. The third kappa shape index (κ3) is 4.05. The first-order chi connectivity index (χ1) is 7.67. The zero-order chi connectivity index (χ0) is 12.0. The van der Waals surface area contributed by atoms with Gasteiger partial charge in [0.05, 0.1) is 11.1 Å². The second-order valence-corrected chi connectivity index (χ2v) is 4.66. The van der Waals surface area contributed by atoms with E-state index in [9.17, 15) is 0 Å². The van der Waals surface area contributed by atoms with E-state index in [0.29, 0.717) is 6.10 Å². The summed E-state index contributed by atoms with van der Waals surface area (Å²) in [6.45, 7) is 6.40. The molecule has 0 fully saturated rings. The Labute approximate surface area is 104 Å².